The SMILES string of the molecule is CCCCCCCCCCCCCC(=O)O[C@H](COC(=O)CCCCCCCCC(C)CC)COP(=O)(O)OC[C@H](O)COP(=O)(O)OC[C@@H](COC(=O)CCCCCCCCCCC(C)C)OC(=O)CCCCCCCCCCCCC(C)CC. The summed E-state index contributed by atoms with van der Waals surface area (Å²) in [7, 11) is -9.89. The fourth-order valence-corrected chi connectivity index (χ4v) is 11.5. The molecule has 0 amide bonds. The molecular weight excluding hydrogens is 1140 g/mol. The Morgan fingerprint density at radius 3 is 0.884 bits per heavy atom. The van der Waals surface area contributed by atoms with Crippen LogP contribution in [-0.4, -0.2) is 96.7 Å². The number of ether oxygens (including phenoxy) is 4. The van der Waals surface area contributed by atoms with Crippen molar-refractivity contribution in [3.8, 4) is 0 Å². The number of aliphatic hydroxyl groups is 1. The summed E-state index contributed by atoms with van der Waals surface area (Å²) in [5.74, 6) is 0.129. The number of aliphatic hydroxyl groups excluding tert-OH is 1. The van der Waals surface area contributed by atoms with Crippen molar-refractivity contribution in [1.29, 1.82) is 0 Å². The molecule has 510 valence electrons. The molecule has 0 aliphatic rings. The maximum absolute atomic E-state index is 13.0. The second kappa shape index (κ2) is 58.2. The van der Waals surface area contributed by atoms with E-state index < -0.39 is 97.5 Å². The van der Waals surface area contributed by atoms with E-state index in [1.54, 1.807) is 0 Å². The van der Waals surface area contributed by atoms with Gasteiger partial charge < -0.3 is 33.8 Å². The van der Waals surface area contributed by atoms with Crippen LogP contribution in [0.25, 0.3) is 0 Å². The molecule has 0 aliphatic carbocycles. The van der Waals surface area contributed by atoms with Gasteiger partial charge in [-0.05, 0) is 43.4 Å². The Kier molecular flexibility index (Phi) is 56.9. The van der Waals surface area contributed by atoms with Crippen molar-refractivity contribution in [3.63, 3.8) is 0 Å². The molecule has 0 saturated heterocycles. The fraction of sp³-hybridized carbons (Fsp3) is 0.940. The zero-order valence-electron chi connectivity index (χ0n) is 55.8. The Labute approximate surface area is 524 Å². The van der Waals surface area contributed by atoms with Gasteiger partial charge in [-0.1, -0.05) is 280 Å². The minimum Gasteiger partial charge on any atom is -0.462 e. The molecular formula is C67H130O17P2. The Bertz CT molecular complexity index is 1700. The molecule has 3 N–H and O–H groups in total. The predicted octanol–water partition coefficient (Wildman–Crippen LogP) is 18.7. The first-order valence-corrected chi connectivity index (χ1v) is 37.9. The number of hydrogen-bond acceptors (Lipinski definition) is 15. The van der Waals surface area contributed by atoms with Crippen LogP contribution in [0.1, 0.15) is 331 Å². The Hall–Kier alpha value is -1.94. The summed E-state index contributed by atoms with van der Waals surface area (Å²) >= 11 is 0. The van der Waals surface area contributed by atoms with Crippen molar-refractivity contribution in [1.82, 2.24) is 0 Å². The number of unbranched alkanes of at least 4 members (excludes halogenated alkanes) is 31. The molecule has 0 aromatic carbocycles. The normalized spacial score (nSPS) is 14.9. The summed E-state index contributed by atoms with van der Waals surface area (Å²) in [5, 5.41) is 10.6. The summed E-state index contributed by atoms with van der Waals surface area (Å²) < 4.78 is 68.1. The number of hydrogen-bond donors (Lipinski definition) is 3. The van der Waals surface area contributed by atoms with E-state index in [9.17, 15) is 43.2 Å². The van der Waals surface area contributed by atoms with Crippen LogP contribution < -0.4 is 0 Å². The van der Waals surface area contributed by atoms with Gasteiger partial charge in [-0.2, -0.15) is 0 Å². The quantitative estimate of drug-likeness (QED) is 0.0222. The summed E-state index contributed by atoms with van der Waals surface area (Å²) in [5.41, 5.74) is 0. The molecule has 7 atom stereocenters. The van der Waals surface area contributed by atoms with Gasteiger partial charge in [-0.25, -0.2) is 9.13 Å². The number of phosphoric ester groups is 2. The molecule has 0 heterocycles. The minimum atomic E-state index is -4.95. The lowest BCUT2D eigenvalue weighted by Crippen LogP contribution is -2.30. The van der Waals surface area contributed by atoms with E-state index in [-0.39, 0.29) is 25.7 Å². The van der Waals surface area contributed by atoms with Crippen LogP contribution >= 0.6 is 15.6 Å². The van der Waals surface area contributed by atoms with Gasteiger partial charge in [-0.3, -0.25) is 37.3 Å². The first-order chi connectivity index (χ1) is 41.3. The van der Waals surface area contributed by atoms with Gasteiger partial charge in [0.05, 0.1) is 26.4 Å². The molecule has 17 nitrogen and oxygen atoms in total. The summed E-state index contributed by atoms with van der Waals surface area (Å²) in [6, 6.07) is 0. The van der Waals surface area contributed by atoms with Crippen LogP contribution in [0.3, 0.4) is 0 Å². The van der Waals surface area contributed by atoms with Crippen molar-refractivity contribution in [3.05, 3.63) is 0 Å². The summed E-state index contributed by atoms with van der Waals surface area (Å²) in [4.78, 5) is 72.4. The molecule has 86 heavy (non-hydrogen) atoms. The van der Waals surface area contributed by atoms with Crippen molar-refractivity contribution in [2.45, 2.75) is 349 Å². The smallest absolute Gasteiger partial charge is 0.462 e. The zero-order valence-corrected chi connectivity index (χ0v) is 57.6. The van der Waals surface area contributed by atoms with Crippen molar-refractivity contribution < 1.29 is 80.2 Å². The van der Waals surface area contributed by atoms with Gasteiger partial charge in [0.2, 0.25) is 0 Å². The summed E-state index contributed by atoms with van der Waals surface area (Å²) in [6.45, 7) is 11.8. The lowest BCUT2D eigenvalue weighted by Gasteiger charge is -2.21. The molecule has 0 bridgehead atoms. The highest BCUT2D eigenvalue weighted by Crippen LogP contribution is 2.45. The van der Waals surface area contributed by atoms with Crippen LogP contribution in [-0.2, 0) is 65.4 Å². The van der Waals surface area contributed by atoms with Crippen molar-refractivity contribution in [2.24, 2.45) is 17.8 Å². The number of phosphoric acid groups is 2. The Balaban J connectivity index is 5.26. The maximum atomic E-state index is 13.0. The van der Waals surface area contributed by atoms with Crippen LogP contribution in [0.5, 0.6) is 0 Å². The highest BCUT2D eigenvalue weighted by atomic mass is 31.2. The van der Waals surface area contributed by atoms with Crippen LogP contribution in [0.15, 0.2) is 0 Å². The van der Waals surface area contributed by atoms with E-state index in [4.69, 9.17) is 37.0 Å². The second-order valence-electron chi connectivity index (χ2n) is 25.2. The number of rotatable bonds is 65. The molecule has 0 fully saturated rings. The molecule has 0 spiro atoms. The molecule has 4 unspecified atom stereocenters. The highest BCUT2D eigenvalue weighted by Gasteiger charge is 2.30. The standard InChI is InChI=1S/C67H130O17P2/c1-8-11-12-13-14-15-16-20-27-36-43-50-66(71)84-63(55-78-65(70)49-42-35-30-29-33-40-47-60(7)10-3)57-82-86(75,76)80-53-61(68)52-79-85(73,74)81-56-62(54-77-64(69)48-41-34-26-23-22-24-31-38-45-58(4)5)83-67(72)51-44-37-28-21-18-17-19-25-32-39-46-59(6)9-2/h58-63,68H,8-57H2,1-7H3,(H,73,74)(H,75,76)/t59?,60?,61-,62-,63-/m1/s1. The summed E-state index contributed by atoms with van der Waals surface area (Å²) in [6.07, 6.45) is 40.2. The van der Waals surface area contributed by atoms with Gasteiger partial charge in [0.25, 0.3) is 0 Å². The average Bonchev–Trinajstić information content (AvgIpc) is 3.66. The van der Waals surface area contributed by atoms with Gasteiger partial charge in [0.1, 0.15) is 19.3 Å². The Morgan fingerprint density at radius 1 is 0.337 bits per heavy atom. The predicted molar refractivity (Wildman–Crippen MR) is 344 cm³/mol. The van der Waals surface area contributed by atoms with Gasteiger partial charge in [-0.15, -0.1) is 0 Å². The third-order valence-corrected chi connectivity index (χ3v) is 18.0. The van der Waals surface area contributed by atoms with E-state index in [0.717, 1.165) is 114 Å². The molecule has 0 rings (SSSR count). The third-order valence-electron chi connectivity index (χ3n) is 16.1. The van der Waals surface area contributed by atoms with Crippen LogP contribution in [0.2, 0.25) is 0 Å². The molecule has 0 aliphatic heterocycles. The van der Waals surface area contributed by atoms with Crippen LogP contribution in [0, 0.1) is 17.8 Å². The van der Waals surface area contributed by atoms with Gasteiger partial charge in [0.15, 0.2) is 12.2 Å². The third kappa shape index (κ3) is 58.4. The lowest BCUT2D eigenvalue weighted by molar-refractivity contribution is -0.161. The Morgan fingerprint density at radius 2 is 0.593 bits per heavy atom. The molecule has 0 aromatic heterocycles. The maximum Gasteiger partial charge on any atom is 0.472 e. The van der Waals surface area contributed by atoms with Crippen molar-refractivity contribution >= 4 is 39.5 Å². The highest BCUT2D eigenvalue weighted by molar-refractivity contribution is 7.47. The van der Waals surface area contributed by atoms with Crippen molar-refractivity contribution in [2.75, 3.05) is 39.6 Å². The largest absolute Gasteiger partial charge is 0.472 e. The first-order valence-electron chi connectivity index (χ1n) is 34.9. The van der Waals surface area contributed by atoms with E-state index in [0.29, 0.717) is 25.7 Å². The van der Waals surface area contributed by atoms with E-state index in [1.807, 2.05) is 0 Å². The number of carbonyl (C=O) groups is 4. The molecule has 0 aromatic rings. The molecule has 19 heteroatoms. The van der Waals surface area contributed by atoms with Gasteiger partial charge in [0, 0.05) is 25.7 Å². The number of carbonyl (C=O) groups excluding carboxylic acids is 4. The average molecular weight is 1270 g/mol. The monoisotopic (exact) mass is 1270 g/mol. The first kappa shape index (κ1) is 84.1. The lowest BCUT2D eigenvalue weighted by atomic mass is 9.99. The number of esters is 4. The van der Waals surface area contributed by atoms with Gasteiger partial charge >= 0.3 is 39.5 Å². The minimum absolute atomic E-state index is 0.105. The fourth-order valence-electron chi connectivity index (χ4n) is 9.95. The molecule has 0 radical (unpaired) electrons. The van der Waals surface area contributed by atoms with E-state index in [2.05, 4.69) is 48.5 Å². The zero-order chi connectivity index (χ0) is 63.8. The molecule has 0 saturated carbocycles. The topological polar surface area (TPSA) is 237 Å². The van der Waals surface area contributed by atoms with Crippen LogP contribution in [0.4, 0.5) is 0 Å². The van der Waals surface area contributed by atoms with E-state index in [1.165, 1.54) is 135 Å². The second-order valence-corrected chi connectivity index (χ2v) is 28.1. The van der Waals surface area contributed by atoms with E-state index >= 15 is 0 Å².